The quantitative estimate of drug-likeness (QED) is 0.729. The van der Waals surface area contributed by atoms with Crippen molar-refractivity contribution in [2.45, 2.75) is 6.54 Å². The third-order valence-electron chi connectivity index (χ3n) is 3.62. The van der Waals surface area contributed by atoms with E-state index in [2.05, 4.69) is 0 Å². The molecule has 1 heterocycles. The standard InChI is InChI=1S/C19H13ClN2O/c20-17-9-6-14(7-10-17)13-22-18(15-4-2-1-3-5-15)11-8-16(12-21)19(22)23/h1-11H,13H2. The number of hydrogen-bond donors (Lipinski definition) is 0. The minimum Gasteiger partial charge on any atom is -0.303 e. The Morgan fingerprint density at radius 3 is 2.30 bits per heavy atom. The van der Waals surface area contributed by atoms with Crippen LogP contribution in [0.25, 0.3) is 11.3 Å². The molecule has 0 spiro atoms. The summed E-state index contributed by atoms with van der Waals surface area (Å²) in [5.41, 5.74) is 2.51. The van der Waals surface area contributed by atoms with Gasteiger partial charge in [0.15, 0.2) is 0 Å². The molecule has 1 aromatic heterocycles. The van der Waals surface area contributed by atoms with Crippen LogP contribution in [0.3, 0.4) is 0 Å². The van der Waals surface area contributed by atoms with Crippen molar-refractivity contribution in [3.05, 3.63) is 93.2 Å². The van der Waals surface area contributed by atoms with Gasteiger partial charge < -0.3 is 4.57 Å². The minimum absolute atomic E-state index is 0.138. The molecule has 0 amide bonds. The first-order chi connectivity index (χ1) is 11.2. The van der Waals surface area contributed by atoms with Gasteiger partial charge in [0.2, 0.25) is 0 Å². The Morgan fingerprint density at radius 1 is 0.957 bits per heavy atom. The zero-order valence-corrected chi connectivity index (χ0v) is 13.0. The van der Waals surface area contributed by atoms with Crippen LogP contribution < -0.4 is 5.56 Å². The van der Waals surface area contributed by atoms with E-state index in [0.717, 1.165) is 16.8 Å². The lowest BCUT2D eigenvalue weighted by atomic mass is 10.1. The molecule has 3 nitrogen and oxygen atoms in total. The SMILES string of the molecule is N#Cc1ccc(-c2ccccc2)n(Cc2ccc(Cl)cc2)c1=O. The van der Waals surface area contributed by atoms with Gasteiger partial charge in [-0.3, -0.25) is 4.79 Å². The van der Waals surface area contributed by atoms with E-state index >= 15 is 0 Å². The summed E-state index contributed by atoms with van der Waals surface area (Å²) in [5, 5.41) is 9.77. The maximum Gasteiger partial charge on any atom is 0.269 e. The molecule has 0 aliphatic heterocycles. The van der Waals surface area contributed by atoms with Crippen LogP contribution in [-0.2, 0) is 6.54 Å². The highest BCUT2D eigenvalue weighted by molar-refractivity contribution is 6.30. The van der Waals surface area contributed by atoms with Crippen LogP contribution in [0.2, 0.25) is 5.02 Å². The Labute approximate surface area is 139 Å². The van der Waals surface area contributed by atoms with Crippen LogP contribution in [-0.4, -0.2) is 4.57 Å². The van der Waals surface area contributed by atoms with Gasteiger partial charge in [0.1, 0.15) is 11.6 Å². The lowest BCUT2D eigenvalue weighted by molar-refractivity contribution is 0.765. The minimum atomic E-state index is -0.288. The number of benzene rings is 2. The summed E-state index contributed by atoms with van der Waals surface area (Å²) < 4.78 is 1.62. The largest absolute Gasteiger partial charge is 0.303 e. The normalized spacial score (nSPS) is 10.3. The second-order valence-electron chi connectivity index (χ2n) is 5.13. The third kappa shape index (κ3) is 3.18. The van der Waals surface area contributed by atoms with Crippen molar-refractivity contribution < 1.29 is 0 Å². The fourth-order valence-corrected chi connectivity index (χ4v) is 2.58. The highest BCUT2D eigenvalue weighted by Crippen LogP contribution is 2.19. The summed E-state index contributed by atoms with van der Waals surface area (Å²) in [6.45, 7) is 0.385. The second kappa shape index (κ2) is 6.51. The highest BCUT2D eigenvalue weighted by Gasteiger charge is 2.10. The molecule has 112 valence electrons. The molecule has 0 radical (unpaired) electrons. The zero-order chi connectivity index (χ0) is 16.2. The van der Waals surface area contributed by atoms with Crippen molar-refractivity contribution in [2.75, 3.05) is 0 Å². The fraction of sp³-hybridized carbons (Fsp3) is 0.0526. The first kappa shape index (κ1) is 15.1. The monoisotopic (exact) mass is 320 g/mol. The van der Waals surface area contributed by atoms with Crippen LogP contribution in [0.1, 0.15) is 11.1 Å². The molecule has 0 unspecified atom stereocenters. The predicted octanol–water partition coefficient (Wildman–Crippen LogP) is 4.09. The number of aromatic nitrogens is 1. The first-order valence-corrected chi connectivity index (χ1v) is 7.50. The van der Waals surface area contributed by atoms with Gasteiger partial charge in [0.05, 0.1) is 12.2 Å². The van der Waals surface area contributed by atoms with Gasteiger partial charge in [0.25, 0.3) is 5.56 Å². The Balaban J connectivity index is 2.14. The predicted molar refractivity (Wildman–Crippen MR) is 91.4 cm³/mol. The maximum absolute atomic E-state index is 12.6. The van der Waals surface area contributed by atoms with Crippen molar-refractivity contribution in [3.63, 3.8) is 0 Å². The molecule has 0 aliphatic carbocycles. The molecule has 0 atom stereocenters. The molecule has 4 heteroatoms. The van der Waals surface area contributed by atoms with E-state index in [1.807, 2.05) is 54.6 Å². The summed E-state index contributed by atoms with van der Waals surface area (Å²) in [7, 11) is 0. The molecule has 23 heavy (non-hydrogen) atoms. The molecule has 0 fully saturated rings. The average molecular weight is 321 g/mol. The lowest BCUT2D eigenvalue weighted by Gasteiger charge is -2.13. The van der Waals surface area contributed by atoms with E-state index < -0.39 is 0 Å². The van der Waals surface area contributed by atoms with Crippen LogP contribution in [0.5, 0.6) is 0 Å². The van der Waals surface area contributed by atoms with Gasteiger partial charge >= 0.3 is 0 Å². The number of halogens is 1. The summed E-state index contributed by atoms with van der Waals surface area (Å²) in [6.07, 6.45) is 0. The number of pyridine rings is 1. The van der Waals surface area contributed by atoms with Crippen LogP contribution >= 0.6 is 11.6 Å². The number of nitriles is 1. The third-order valence-corrected chi connectivity index (χ3v) is 3.87. The van der Waals surface area contributed by atoms with Gasteiger partial charge in [-0.05, 0) is 35.4 Å². The molecule has 2 aromatic carbocycles. The van der Waals surface area contributed by atoms with Crippen LogP contribution in [0, 0.1) is 11.3 Å². The summed E-state index contributed by atoms with van der Waals surface area (Å²) in [6, 6.07) is 22.3. The molecule has 0 bridgehead atoms. The van der Waals surface area contributed by atoms with E-state index in [0.29, 0.717) is 11.6 Å². The molecular weight excluding hydrogens is 308 g/mol. The van der Waals surface area contributed by atoms with E-state index in [1.165, 1.54) is 0 Å². The first-order valence-electron chi connectivity index (χ1n) is 7.13. The van der Waals surface area contributed by atoms with Gasteiger partial charge in [-0.15, -0.1) is 0 Å². The molecule has 3 rings (SSSR count). The van der Waals surface area contributed by atoms with Crippen LogP contribution in [0.15, 0.2) is 71.5 Å². The summed E-state index contributed by atoms with van der Waals surface area (Å²) in [5.74, 6) is 0. The van der Waals surface area contributed by atoms with E-state index in [9.17, 15) is 4.79 Å². The number of hydrogen-bond acceptors (Lipinski definition) is 2. The summed E-state index contributed by atoms with van der Waals surface area (Å²) in [4.78, 5) is 12.6. The van der Waals surface area contributed by atoms with Crippen molar-refractivity contribution in [3.8, 4) is 17.3 Å². The Hall–Kier alpha value is -2.83. The van der Waals surface area contributed by atoms with Gasteiger partial charge in [-0.25, -0.2) is 0 Å². The van der Waals surface area contributed by atoms with Gasteiger partial charge in [-0.1, -0.05) is 54.1 Å². The van der Waals surface area contributed by atoms with E-state index in [-0.39, 0.29) is 11.1 Å². The maximum atomic E-state index is 12.6. The van der Waals surface area contributed by atoms with Crippen molar-refractivity contribution in [1.29, 1.82) is 5.26 Å². The van der Waals surface area contributed by atoms with Crippen molar-refractivity contribution in [2.24, 2.45) is 0 Å². The lowest BCUT2D eigenvalue weighted by Crippen LogP contribution is -2.24. The fourth-order valence-electron chi connectivity index (χ4n) is 2.45. The van der Waals surface area contributed by atoms with Gasteiger partial charge in [-0.2, -0.15) is 5.26 Å². The molecule has 0 N–H and O–H groups in total. The second-order valence-corrected chi connectivity index (χ2v) is 5.56. The Bertz CT molecular complexity index is 922. The molecular formula is C19H13ClN2O. The smallest absolute Gasteiger partial charge is 0.269 e. The molecule has 3 aromatic rings. The number of rotatable bonds is 3. The van der Waals surface area contributed by atoms with E-state index in [4.69, 9.17) is 16.9 Å². The van der Waals surface area contributed by atoms with Crippen molar-refractivity contribution >= 4 is 11.6 Å². The zero-order valence-electron chi connectivity index (χ0n) is 12.2. The molecule has 0 saturated carbocycles. The van der Waals surface area contributed by atoms with Crippen molar-refractivity contribution in [1.82, 2.24) is 4.57 Å². The van der Waals surface area contributed by atoms with E-state index in [1.54, 1.807) is 22.8 Å². The Morgan fingerprint density at radius 2 is 1.65 bits per heavy atom. The molecule has 0 saturated heterocycles. The topological polar surface area (TPSA) is 45.8 Å². The average Bonchev–Trinajstić information content (AvgIpc) is 2.59. The molecule has 0 aliphatic rings. The Kier molecular flexibility index (Phi) is 4.27. The highest BCUT2D eigenvalue weighted by atomic mass is 35.5. The van der Waals surface area contributed by atoms with Gasteiger partial charge in [0, 0.05) is 5.02 Å². The summed E-state index contributed by atoms with van der Waals surface area (Å²) >= 11 is 5.91. The van der Waals surface area contributed by atoms with Crippen LogP contribution in [0.4, 0.5) is 0 Å². The number of nitrogens with zero attached hydrogens (tertiary/aromatic N) is 2.